The highest BCUT2D eigenvalue weighted by Gasteiger charge is 2.30. The van der Waals surface area contributed by atoms with Gasteiger partial charge < -0.3 is 5.32 Å². The van der Waals surface area contributed by atoms with Gasteiger partial charge in [-0.25, -0.2) is 0 Å². The SMILES string of the molecule is CNc1ccc(C(F)(F)F)cc1Br. The molecule has 1 aromatic carbocycles. The van der Waals surface area contributed by atoms with Crippen molar-refractivity contribution in [3.63, 3.8) is 0 Å². The monoisotopic (exact) mass is 253 g/mol. The highest BCUT2D eigenvalue weighted by Crippen LogP contribution is 2.33. The molecule has 13 heavy (non-hydrogen) atoms. The van der Waals surface area contributed by atoms with E-state index in [9.17, 15) is 13.2 Å². The zero-order chi connectivity index (χ0) is 10.1. The van der Waals surface area contributed by atoms with Crippen molar-refractivity contribution < 1.29 is 13.2 Å². The molecule has 0 aliphatic carbocycles. The van der Waals surface area contributed by atoms with Gasteiger partial charge in [0.2, 0.25) is 0 Å². The molecule has 72 valence electrons. The molecule has 0 unspecified atom stereocenters. The molecule has 0 radical (unpaired) electrons. The Bertz CT molecular complexity index is 309. The zero-order valence-corrected chi connectivity index (χ0v) is 8.33. The van der Waals surface area contributed by atoms with Crippen LogP contribution >= 0.6 is 15.9 Å². The Balaban J connectivity index is 3.10. The Morgan fingerprint density at radius 2 is 1.92 bits per heavy atom. The van der Waals surface area contributed by atoms with Crippen LogP contribution in [0.25, 0.3) is 0 Å². The Morgan fingerprint density at radius 1 is 1.31 bits per heavy atom. The molecular formula is C8H7BrF3N. The fraction of sp³-hybridized carbons (Fsp3) is 0.250. The first-order valence-electron chi connectivity index (χ1n) is 3.49. The second kappa shape index (κ2) is 3.57. The maximum absolute atomic E-state index is 12.2. The van der Waals surface area contributed by atoms with Gasteiger partial charge in [-0.05, 0) is 34.1 Å². The van der Waals surface area contributed by atoms with Gasteiger partial charge in [0.05, 0.1) is 5.56 Å². The number of anilines is 1. The Hall–Kier alpha value is -0.710. The zero-order valence-electron chi connectivity index (χ0n) is 6.74. The van der Waals surface area contributed by atoms with E-state index < -0.39 is 11.7 Å². The molecule has 0 amide bonds. The van der Waals surface area contributed by atoms with E-state index in [1.165, 1.54) is 6.07 Å². The van der Waals surface area contributed by atoms with Crippen LogP contribution in [0.4, 0.5) is 18.9 Å². The third-order valence-corrected chi connectivity index (χ3v) is 2.22. The molecule has 0 saturated carbocycles. The number of hydrogen-bond donors (Lipinski definition) is 1. The van der Waals surface area contributed by atoms with Crippen LogP contribution in [-0.2, 0) is 6.18 Å². The molecule has 0 saturated heterocycles. The normalized spacial score (nSPS) is 11.5. The van der Waals surface area contributed by atoms with Gasteiger partial charge in [0.15, 0.2) is 0 Å². The van der Waals surface area contributed by atoms with Gasteiger partial charge in [-0.1, -0.05) is 0 Å². The molecule has 1 rings (SSSR count). The highest BCUT2D eigenvalue weighted by atomic mass is 79.9. The molecule has 0 aliphatic rings. The van der Waals surface area contributed by atoms with Crippen molar-refractivity contribution in [3.05, 3.63) is 28.2 Å². The molecule has 1 aromatic rings. The number of halogens is 4. The molecule has 0 aliphatic heterocycles. The minimum absolute atomic E-state index is 0.407. The van der Waals surface area contributed by atoms with Crippen molar-refractivity contribution in [1.29, 1.82) is 0 Å². The summed E-state index contributed by atoms with van der Waals surface area (Å²) in [5, 5.41) is 2.76. The smallest absolute Gasteiger partial charge is 0.387 e. The summed E-state index contributed by atoms with van der Waals surface area (Å²) >= 11 is 3.04. The van der Waals surface area contributed by atoms with Gasteiger partial charge in [0.1, 0.15) is 0 Å². The van der Waals surface area contributed by atoms with E-state index in [0.29, 0.717) is 10.2 Å². The number of rotatable bonds is 1. The lowest BCUT2D eigenvalue weighted by atomic mass is 10.2. The molecule has 1 nitrogen and oxygen atoms in total. The molecule has 5 heteroatoms. The van der Waals surface area contributed by atoms with E-state index in [4.69, 9.17) is 0 Å². The molecule has 1 N–H and O–H groups in total. The van der Waals surface area contributed by atoms with Crippen LogP contribution in [0.3, 0.4) is 0 Å². The first-order valence-corrected chi connectivity index (χ1v) is 4.29. The summed E-state index contributed by atoms with van der Waals surface area (Å²) in [6, 6.07) is 3.47. The van der Waals surface area contributed by atoms with E-state index in [2.05, 4.69) is 21.2 Å². The molecule has 0 spiro atoms. The van der Waals surface area contributed by atoms with Crippen molar-refractivity contribution in [1.82, 2.24) is 0 Å². The lowest BCUT2D eigenvalue weighted by Gasteiger charge is -2.09. The van der Waals surface area contributed by atoms with Crippen molar-refractivity contribution in [2.24, 2.45) is 0 Å². The Morgan fingerprint density at radius 3 is 2.31 bits per heavy atom. The fourth-order valence-electron chi connectivity index (χ4n) is 0.894. The minimum Gasteiger partial charge on any atom is -0.387 e. The lowest BCUT2D eigenvalue weighted by molar-refractivity contribution is -0.137. The average Bonchev–Trinajstić information content (AvgIpc) is 2.02. The quantitative estimate of drug-likeness (QED) is 0.808. The second-order valence-electron chi connectivity index (χ2n) is 2.44. The maximum Gasteiger partial charge on any atom is 0.416 e. The van der Waals surface area contributed by atoms with Crippen LogP contribution in [0, 0.1) is 0 Å². The summed E-state index contributed by atoms with van der Waals surface area (Å²) < 4.78 is 36.9. The van der Waals surface area contributed by atoms with Gasteiger partial charge in [0, 0.05) is 17.2 Å². The first-order chi connectivity index (χ1) is 5.95. The maximum atomic E-state index is 12.2. The van der Waals surface area contributed by atoms with Crippen LogP contribution in [0.5, 0.6) is 0 Å². The van der Waals surface area contributed by atoms with Crippen LogP contribution in [0.2, 0.25) is 0 Å². The molecule has 0 atom stereocenters. The number of alkyl halides is 3. The predicted molar refractivity (Wildman–Crippen MR) is 48.7 cm³/mol. The Labute approximate surface area is 82.1 Å². The number of benzene rings is 1. The molecule has 0 aromatic heterocycles. The number of hydrogen-bond acceptors (Lipinski definition) is 1. The first kappa shape index (κ1) is 10.4. The van der Waals surface area contributed by atoms with E-state index in [1.54, 1.807) is 7.05 Å². The van der Waals surface area contributed by atoms with E-state index >= 15 is 0 Å². The Kier molecular flexibility index (Phi) is 2.85. The van der Waals surface area contributed by atoms with E-state index in [1.807, 2.05) is 0 Å². The number of nitrogens with one attached hydrogen (secondary N) is 1. The second-order valence-corrected chi connectivity index (χ2v) is 3.30. The van der Waals surface area contributed by atoms with Crippen LogP contribution in [-0.4, -0.2) is 7.05 Å². The van der Waals surface area contributed by atoms with Gasteiger partial charge in [-0.15, -0.1) is 0 Å². The van der Waals surface area contributed by atoms with Crippen LogP contribution in [0.15, 0.2) is 22.7 Å². The van der Waals surface area contributed by atoms with Gasteiger partial charge in [-0.3, -0.25) is 0 Å². The average molecular weight is 254 g/mol. The van der Waals surface area contributed by atoms with Crippen molar-refractivity contribution in [2.45, 2.75) is 6.18 Å². The van der Waals surface area contributed by atoms with Crippen molar-refractivity contribution in [3.8, 4) is 0 Å². The molecule has 0 fully saturated rings. The van der Waals surface area contributed by atoms with Crippen LogP contribution < -0.4 is 5.32 Å². The third-order valence-electron chi connectivity index (χ3n) is 1.57. The van der Waals surface area contributed by atoms with E-state index in [0.717, 1.165) is 12.1 Å². The molecule has 0 heterocycles. The van der Waals surface area contributed by atoms with Gasteiger partial charge >= 0.3 is 6.18 Å². The van der Waals surface area contributed by atoms with Crippen molar-refractivity contribution in [2.75, 3.05) is 12.4 Å². The standard InChI is InChI=1S/C8H7BrF3N/c1-13-7-3-2-5(4-6(7)9)8(10,11)12/h2-4,13H,1H3. The summed E-state index contributed by atoms with van der Waals surface area (Å²) in [4.78, 5) is 0. The summed E-state index contributed by atoms with van der Waals surface area (Å²) in [6.45, 7) is 0. The fourth-order valence-corrected chi connectivity index (χ4v) is 1.47. The van der Waals surface area contributed by atoms with Gasteiger partial charge in [-0.2, -0.15) is 13.2 Å². The summed E-state index contributed by atoms with van der Waals surface area (Å²) in [5.74, 6) is 0. The van der Waals surface area contributed by atoms with Gasteiger partial charge in [0.25, 0.3) is 0 Å². The topological polar surface area (TPSA) is 12.0 Å². The minimum atomic E-state index is -4.28. The van der Waals surface area contributed by atoms with Crippen LogP contribution in [0.1, 0.15) is 5.56 Å². The summed E-state index contributed by atoms with van der Waals surface area (Å²) in [6.07, 6.45) is -4.28. The predicted octanol–water partition coefficient (Wildman–Crippen LogP) is 3.51. The third kappa shape index (κ3) is 2.37. The van der Waals surface area contributed by atoms with E-state index in [-0.39, 0.29) is 0 Å². The van der Waals surface area contributed by atoms with Crippen molar-refractivity contribution >= 4 is 21.6 Å². The molecular weight excluding hydrogens is 247 g/mol. The summed E-state index contributed by atoms with van der Waals surface area (Å²) in [5.41, 5.74) is -0.0219. The summed E-state index contributed by atoms with van der Waals surface area (Å²) in [7, 11) is 1.65. The highest BCUT2D eigenvalue weighted by molar-refractivity contribution is 9.10. The lowest BCUT2D eigenvalue weighted by Crippen LogP contribution is -2.05. The largest absolute Gasteiger partial charge is 0.416 e. The molecule has 0 bridgehead atoms.